The maximum absolute atomic E-state index is 13.4. The number of rotatable bonds is 2. The first-order valence-corrected chi connectivity index (χ1v) is 10.2. The Morgan fingerprint density at radius 1 is 1.15 bits per heavy atom. The van der Waals surface area contributed by atoms with Crippen molar-refractivity contribution in [2.45, 2.75) is 30.3 Å². The lowest BCUT2D eigenvalue weighted by atomic mass is 9.54. The number of phenolic OH excluding ortho intramolecular Hbond substituents is 1. The number of nitrogens with two attached hydrogens (primary N) is 1. The molecule has 0 heterocycles. The Labute approximate surface area is 192 Å². The minimum atomic E-state index is -3.05. The van der Waals surface area contributed by atoms with Crippen LogP contribution in [0.4, 0.5) is 4.79 Å². The molecule has 0 aliphatic heterocycles. The Balaban J connectivity index is 2.07. The van der Waals surface area contributed by atoms with Gasteiger partial charge in [0.1, 0.15) is 11.5 Å². The number of carbonyl (C=O) groups is 3. The van der Waals surface area contributed by atoms with Crippen molar-refractivity contribution in [3.8, 4) is 5.75 Å². The molecule has 12 nitrogen and oxygen atoms in total. The Kier molecular flexibility index (Phi) is 5.07. The van der Waals surface area contributed by atoms with E-state index in [4.69, 9.17) is 5.73 Å². The van der Waals surface area contributed by atoms with Crippen LogP contribution in [-0.4, -0.2) is 85.0 Å². The molecule has 1 amide bonds. The van der Waals surface area contributed by atoms with Crippen molar-refractivity contribution < 1.29 is 49.8 Å². The molecule has 3 aliphatic carbocycles. The number of amides is 1. The maximum atomic E-state index is 13.4. The number of carbonyl (C=O) groups excluding carboxylic acids is 3. The van der Waals surface area contributed by atoms with Crippen molar-refractivity contribution in [1.82, 2.24) is 4.90 Å². The highest BCUT2D eigenvalue weighted by Gasteiger charge is 2.69. The minimum Gasteiger partial charge on any atom is -0.508 e. The third kappa shape index (κ3) is 2.76. The van der Waals surface area contributed by atoms with E-state index in [0.717, 1.165) is 0 Å². The molecule has 0 radical (unpaired) electrons. The molecule has 0 saturated carbocycles. The Morgan fingerprint density at radius 2 is 1.76 bits per heavy atom. The summed E-state index contributed by atoms with van der Waals surface area (Å²) >= 11 is 0. The van der Waals surface area contributed by atoms with Crippen LogP contribution in [0.1, 0.15) is 22.8 Å². The number of phenols is 1. The summed E-state index contributed by atoms with van der Waals surface area (Å²) in [6.07, 6.45) is -3.38. The molecule has 0 bridgehead atoms. The Hall–Kier alpha value is -3.45. The highest BCUT2D eigenvalue weighted by atomic mass is 16.6. The summed E-state index contributed by atoms with van der Waals surface area (Å²) in [7, 11) is 2.83. The van der Waals surface area contributed by atoms with Crippen molar-refractivity contribution in [3.05, 3.63) is 52.2 Å². The Bertz CT molecular complexity index is 1200. The summed E-state index contributed by atoms with van der Waals surface area (Å²) in [5.74, 6) is -9.49. The van der Waals surface area contributed by atoms with Crippen LogP contribution in [0.15, 0.2) is 41.0 Å². The molecule has 0 spiro atoms. The lowest BCUT2D eigenvalue weighted by Gasteiger charge is -2.54. The SMILES string of the molecule is CN(C)C1C(O)=C(OC(N)=O)C(=O)C2(O)C(O)=C3C(=O)c4c(O)cccc4C(C)(O)C3C(O)C12. The number of aliphatic hydroxyl groups excluding tert-OH is 3. The fourth-order valence-electron chi connectivity index (χ4n) is 5.53. The van der Waals surface area contributed by atoms with Crippen LogP contribution in [0.2, 0.25) is 0 Å². The van der Waals surface area contributed by atoms with Gasteiger partial charge in [0.25, 0.3) is 0 Å². The summed E-state index contributed by atoms with van der Waals surface area (Å²) in [6.45, 7) is 1.25. The zero-order chi connectivity index (χ0) is 25.5. The second-order valence-electron chi connectivity index (χ2n) is 9.07. The number of ether oxygens (including phenoxy) is 1. The number of nitrogens with zero attached hydrogens (tertiary/aromatic N) is 1. The molecule has 6 atom stereocenters. The average molecular weight is 476 g/mol. The number of Topliss-reactive ketones (excluding diaryl/α,β-unsaturated/α-hetero) is 2. The third-order valence-corrected chi connectivity index (χ3v) is 6.95. The first-order valence-electron chi connectivity index (χ1n) is 10.2. The van der Waals surface area contributed by atoms with Gasteiger partial charge >= 0.3 is 6.09 Å². The molecule has 12 heteroatoms. The van der Waals surface area contributed by atoms with Gasteiger partial charge in [-0.25, -0.2) is 4.79 Å². The van der Waals surface area contributed by atoms with Crippen molar-refractivity contribution >= 4 is 17.7 Å². The number of ketones is 2. The standard InChI is InChI=1S/C22H24N2O10/c1-21(32)7-5-4-6-8(25)9(7)14(26)10-11(21)15(27)12-13(24(2)3)16(28)17(34-20(23)31)19(30)22(12,33)18(10)29/h4-6,11-13,15,25,27-29,32-33H,1-3H3,(H2,23,31). The van der Waals surface area contributed by atoms with Gasteiger partial charge < -0.3 is 41.1 Å². The minimum absolute atomic E-state index is 0.0374. The number of aliphatic hydroxyl groups is 5. The molecule has 0 saturated heterocycles. The van der Waals surface area contributed by atoms with E-state index in [1.54, 1.807) is 0 Å². The summed E-state index contributed by atoms with van der Waals surface area (Å²) in [6, 6.07) is 2.49. The normalized spacial score (nSPS) is 35.1. The van der Waals surface area contributed by atoms with E-state index in [1.165, 1.54) is 44.1 Å². The van der Waals surface area contributed by atoms with E-state index in [0.29, 0.717) is 0 Å². The van der Waals surface area contributed by atoms with Crippen LogP contribution in [0.5, 0.6) is 5.75 Å². The smallest absolute Gasteiger partial charge is 0.410 e. The van der Waals surface area contributed by atoms with Gasteiger partial charge in [-0.05, 0) is 32.6 Å². The maximum Gasteiger partial charge on any atom is 0.410 e. The average Bonchev–Trinajstić information content (AvgIpc) is 2.73. The van der Waals surface area contributed by atoms with Gasteiger partial charge in [0.15, 0.2) is 17.1 Å². The van der Waals surface area contributed by atoms with Gasteiger partial charge in [-0.1, -0.05) is 12.1 Å². The molecule has 3 aliphatic rings. The van der Waals surface area contributed by atoms with Crippen molar-refractivity contribution in [1.29, 1.82) is 0 Å². The first-order chi connectivity index (χ1) is 15.7. The number of benzene rings is 1. The van der Waals surface area contributed by atoms with Crippen LogP contribution in [0.25, 0.3) is 0 Å². The molecular formula is C22H24N2O10. The molecule has 8 N–H and O–H groups in total. The van der Waals surface area contributed by atoms with Crippen LogP contribution < -0.4 is 5.73 Å². The number of likely N-dealkylation sites (N-methyl/N-ethyl adjacent to an activating group) is 1. The molecule has 6 unspecified atom stereocenters. The van der Waals surface area contributed by atoms with Gasteiger partial charge in [0, 0.05) is 0 Å². The Morgan fingerprint density at radius 3 is 2.32 bits per heavy atom. The summed E-state index contributed by atoms with van der Waals surface area (Å²) in [5, 5.41) is 66.7. The number of aromatic hydroxyl groups is 1. The van der Waals surface area contributed by atoms with Gasteiger partial charge in [-0.3, -0.25) is 14.5 Å². The van der Waals surface area contributed by atoms with E-state index in [1.807, 2.05) is 0 Å². The van der Waals surface area contributed by atoms with Crippen molar-refractivity contribution in [2.75, 3.05) is 14.1 Å². The summed E-state index contributed by atoms with van der Waals surface area (Å²) < 4.78 is 4.62. The quantitative estimate of drug-likeness (QED) is 0.284. The lowest BCUT2D eigenvalue weighted by molar-refractivity contribution is -0.176. The molecule has 4 rings (SSSR count). The van der Waals surface area contributed by atoms with E-state index >= 15 is 0 Å². The fourth-order valence-corrected chi connectivity index (χ4v) is 5.53. The molecule has 1 aromatic carbocycles. The topological polar surface area (TPSA) is 211 Å². The van der Waals surface area contributed by atoms with Gasteiger partial charge in [-0.15, -0.1) is 0 Å². The lowest BCUT2D eigenvalue weighted by Crippen LogP contribution is -2.69. The molecule has 182 valence electrons. The zero-order valence-corrected chi connectivity index (χ0v) is 18.4. The summed E-state index contributed by atoms with van der Waals surface area (Å²) in [4.78, 5) is 39.3. The monoisotopic (exact) mass is 476 g/mol. The molecule has 0 aromatic heterocycles. The predicted molar refractivity (Wildman–Crippen MR) is 112 cm³/mol. The van der Waals surface area contributed by atoms with Crippen LogP contribution in [-0.2, 0) is 15.1 Å². The zero-order valence-electron chi connectivity index (χ0n) is 18.4. The van der Waals surface area contributed by atoms with Gasteiger partial charge in [-0.2, -0.15) is 0 Å². The second-order valence-corrected chi connectivity index (χ2v) is 9.07. The second kappa shape index (κ2) is 7.27. The number of fused-ring (bicyclic) bond motifs is 3. The van der Waals surface area contributed by atoms with Gasteiger partial charge in [0.2, 0.25) is 11.5 Å². The van der Waals surface area contributed by atoms with E-state index in [9.17, 15) is 45.0 Å². The summed E-state index contributed by atoms with van der Waals surface area (Å²) in [5.41, 5.74) is -1.24. The first kappa shape index (κ1) is 23.7. The highest BCUT2D eigenvalue weighted by molar-refractivity contribution is 6.16. The highest BCUT2D eigenvalue weighted by Crippen LogP contribution is 2.56. The predicted octanol–water partition coefficient (Wildman–Crippen LogP) is -0.676. The number of hydrogen-bond donors (Lipinski definition) is 7. The van der Waals surface area contributed by atoms with Crippen molar-refractivity contribution in [2.24, 2.45) is 17.6 Å². The largest absolute Gasteiger partial charge is 0.508 e. The fraction of sp³-hybridized carbons (Fsp3) is 0.409. The molecule has 0 fully saturated rings. The number of primary amides is 1. The third-order valence-electron chi connectivity index (χ3n) is 6.95. The van der Waals surface area contributed by atoms with E-state index in [-0.39, 0.29) is 11.1 Å². The molecule has 34 heavy (non-hydrogen) atoms. The van der Waals surface area contributed by atoms with Crippen molar-refractivity contribution in [3.63, 3.8) is 0 Å². The van der Waals surface area contributed by atoms with Crippen LogP contribution in [0, 0.1) is 11.8 Å². The molecular weight excluding hydrogens is 452 g/mol. The van der Waals surface area contributed by atoms with Crippen LogP contribution >= 0.6 is 0 Å². The van der Waals surface area contributed by atoms with E-state index in [2.05, 4.69) is 4.74 Å². The van der Waals surface area contributed by atoms with E-state index < -0.39 is 81.4 Å². The van der Waals surface area contributed by atoms with Crippen LogP contribution in [0.3, 0.4) is 0 Å². The van der Waals surface area contributed by atoms with Gasteiger partial charge in [0.05, 0.1) is 40.7 Å². The molecule has 1 aromatic rings. The number of hydrogen-bond acceptors (Lipinski definition) is 11.